The lowest BCUT2D eigenvalue weighted by molar-refractivity contribution is 0.0696. The number of fused-ring (bicyclic) bond motifs is 1. The van der Waals surface area contributed by atoms with Gasteiger partial charge in [0.1, 0.15) is 0 Å². The van der Waals surface area contributed by atoms with Crippen LogP contribution < -0.4 is 0 Å². The van der Waals surface area contributed by atoms with E-state index in [2.05, 4.69) is 0 Å². The molecule has 1 aromatic carbocycles. The van der Waals surface area contributed by atoms with Crippen LogP contribution >= 0.6 is 0 Å². The van der Waals surface area contributed by atoms with Gasteiger partial charge in [0.05, 0.1) is 5.56 Å². The zero-order valence-corrected chi connectivity index (χ0v) is 8.04. The molecular formula is C12H12O3. The Morgan fingerprint density at radius 3 is 2.93 bits per heavy atom. The van der Waals surface area contributed by atoms with Gasteiger partial charge >= 0.3 is 5.97 Å². The average Bonchev–Trinajstić information content (AvgIpc) is 2.26. The van der Waals surface area contributed by atoms with Crippen molar-refractivity contribution in [1.29, 1.82) is 0 Å². The maximum Gasteiger partial charge on any atom is 0.335 e. The summed E-state index contributed by atoms with van der Waals surface area (Å²) in [5, 5.41) is 8.97. The minimum atomic E-state index is -2.47. The van der Waals surface area contributed by atoms with Crippen molar-refractivity contribution in [1.82, 2.24) is 0 Å². The van der Waals surface area contributed by atoms with Gasteiger partial charge in [-0.2, -0.15) is 0 Å². The Morgan fingerprint density at radius 1 is 1.47 bits per heavy atom. The molecule has 0 aliphatic heterocycles. The fourth-order valence-corrected chi connectivity index (χ4v) is 1.92. The van der Waals surface area contributed by atoms with Crippen molar-refractivity contribution in [2.45, 2.75) is 26.1 Å². The smallest absolute Gasteiger partial charge is 0.335 e. The van der Waals surface area contributed by atoms with E-state index in [1.54, 1.807) is 0 Å². The number of aryl methyl sites for hydroxylation is 2. The second-order valence-corrected chi connectivity index (χ2v) is 3.64. The van der Waals surface area contributed by atoms with Crippen LogP contribution in [0.4, 0.5) is 0 Å². The summed E-state index contributed by atoms with van der Waals surface area (Å²) in [6, 6.07) is 2.50. The van der Waals surface area contributed by atoms with Gasteiger partial charge in [-0.1, -0.05) is 0 Å². The lowest BCUT2D eigenvalue weighted by Crippen LogP contribution is -2.14. The molecule has 1 aliphatic carbocycles. The van der Waals surface area contributed by atoms with Crippen molar-refractivity contribution < 1.29 is 18.8 Å². The fraction of sp³-hybridized carbons (Fsp3) is 0.333. The Hall–Kier alpha value is -1.64. The van der Waals surface area contributed by atoms with Crippen molar-refractivity contribution >= 4 is 11.8 Å². The molecule has 1 N–H and O–H groups in total. The van der Waals surface area contributed by atoms with E-state index in [4.69, 9.17) is 9.22 Å². The van der Waals surface area contributed by atoms with Gasteiger partial charge < -0.3 is 5.11 Å². The third-order valence-electron chi connectivity index (χ3n) is 2.60. The lowest BCUT2D eigenvalue weighted by atomic mass is 9.86. The summed E-state index contributed by atoms with van der Waals surface area (Å²) in [5.74, 6) is -1.39. The SMILES string of the molecule is [2H]C([2H])([2H])c1cc(C(=O)O)cc2c1C(=O)CCC2. The number of rotatable bonds is 1. The van der Waals surface area contributed by atoms with Crippen LogP contribution in [0, 0.1) is 6.85 Å². The molecule has 0 saturated carbocycles. The van der Waals surface area contributed by atoms with E-state index in [-0.39, 0.29) is 22.5 Å². The number of Topliss-reactive ketones (excluding diaryl/α,β-unsaturated/α-hetero) is 1. The number of carbonyl (C=O) groups is 2. The number of hydrogen-bond donors (Lipinski definition) is 1. The molecule has 0 atom stereocenters. The Morgan fingerprint density at radius 2 is 2.27 bits per heavy atom. The summed E-state index contributed by atoms with van der Waals surface area (Å²) in [6.45, 7) is -2.47. The molecule has 0 heterocycles. The van der Waals surface area contributed by atoms with Gasteiger partial charge in [-0.3, -0.25) is 4.79 Å². The molecule has 0 amide bonds. The molecule has 0 radical (unpaired) electrons. The molecule has 1 aromatic rings. The maximum atomic E-state index is 11.8. The molecule has 0 aromatic heterocycles. The summed E-state index contributed by atoms with van der Waals surface area (Å²) in [4.78, 5) is 22.8. The normalized spacial score (nSPS) is 18.7. The molecule has 0 saturated heterocycles. The van der Waals surface area contributed by atoms with Gasteiger partial charge in [0.2, 0.25) is 0 Å². The highest BCUT2D eigenvalue weighted by Crippen LogP contribution is 2.25. The van der Waals surface area contributed by atoms with Crippen LogP contribution in [-0.2, 0) is 6.42 Å². The highest BCUT2D eigenvalue weighted by Gasteiger charge is 2.20. The monoisotopic (exact) mass is 207 g/mol. The van der Waals surface area contributed by atoms with Gasteiger partial charge in [-0.15, -0.1) is 0 Å². The van der Waals surface area contributed by atoms with E-state index in [1.807, 2.05) is 0 Å². The Bertz CT molecular complexity index is 532. The lowest BCUT2D eigenvalue weighted by Gasteiger charge is -2.17. The molecule has 3 nitrogen and oxygen atoms in total. The average molecular weight is 207 g/mol. The predicted octanol–water partition coefficient (Wildman–Crippen LogP) is 2.21. The van der Waals surface area contributed by atoms with Gasteiger partial charge in [0.15, 0.2) is 5.78 Å². The van der Waals surface area contributed by atoms with E-state index in [9.17, 15) is 9.59 Å². The minimum absolute atomic E-state index is 0.0745. The molecular weight excluding hydrogens is 192 g/mol. The highest BCUT2D eigenvalue weighted by molar-refractivity contribution is 6.01. The van der Waals surface area contributed by atoms with Crippen molar-refractivity contribution in [2.24, 2.45) is 0 Å². The zero-order valence-electron chi connectivity index (χ0n) is 11.0. The molecule has 3 heteroatoms. The van der Waals surface area contributed by atoms with Crippen LogP contribution in [0.2, 0.25) is 0 Å². The van der Waals surface area contributed by atoms with Crippen LogP contribution in [-0.4, -0.2) is 16.9 Å². The fourth-order valence-electron chi connectivity index (χ4n) is 1.92. The van der Waals surface area contributed by atoms with Crippen molar-refractivity contribution in [3.8, 4) is 0 Å². The number of aromatic carboxylic acids is 1. The van der Waals surface area contributed by atoms with Crippen molar-refractivity contribution in [3.05, 3.63) is 34.4 Å². The van der Waals surface area contributed by atoms with E-state index in [1.165, 1.54) is 6.07 Å². The van der Waals surface area contributed by atoms with E-state index in [0.29, 0.717) is 24.8 Å². The number of ketones is 1. The first-order valence-corrected chi connectivity index (χ1v) is 4.74. The number of benzene rings is 1. The van der Waals surface area contributed by atoms with E-state index in [0.717, 1.165) is 6.07 Å². The number of carboxylic acids is 1. The van der Waals surface area contributed by atoms with Gasteiger partial charge in [-0.05, 0) is 43.0 Å². The molecule has 0 bridgehead atoms. The van der Waals surface area contributed by atoms with Crippen LogP contribution in [0.1, 0.15) is 48.8 Å². The summed E-state index contributed by atoms with van der Waals surface area (Å²) < 4.78 is 22.3. The topological polar surface area (TPSA) is 54.4 Å². The summed E-state index contributed by atoms with van der Waals surface area (Å²) in [5.41, 5.74) is 0.528. The maximum absolute atomic E-state index is 11.8. The first-order valence-electron chi connectivity index (χ1n) is 6.24. The molecule has 0 unspecified atom stereocenters. The number of carbonyl (C=O) groups excluding carboxylic acids is 1. The van der Waals surface area contributed by atoms with E-state index >= 15 is 0 Å². The van der Waals surface area contributed by atoms with E-state index < -0.39 is 12.8 Å². The second kappa shape index (κ2) is 3.50. The second-order valence-electron chi connectivity index (χ2n) is 3.64. The third kappa shape index (κ3) is 1.65. The van der Waals surface area contributed by atoms with Crippen molar-refractivity contribution in [3.63, 3.8) is 0 Å². The van der Waals surface area contributed by atoms with Crippen LogP contribution in [0.3, 0.4) is 0 Å². The Kier molecular flexibility index (Phi) is 1.58. The van der Waals surface area contributed by atoms with Gasteiger partial charge in [-0.25, -0.2) is 4.79 Å². The first-order chi connectivity index (χ1) is 8.30. The summed E-state index contributed by atoms with van der Waals surface area (Å²) in [7, 11) is 0. The standard InChI is InChI=1S/C12H12O3/c1-7-5-9(12(14)15)6-8-3-2-4-10(13)11(7)8/h5-6H,2-4H2,1H3,(H,14,15)/i1D3. The largest absolute Gasteiger partial charge is 0.478 e. The van der Waals surface area contributed by atoms with Gasteiger partial charge in [0, 0.05) is 16.1 Å². The number of carboxylic acid groups (broad SMARTS) is 1. The molecule has 1 aliphatic rings. The minimum Gasteiger partial charge on any atom is -0.478 e. The number of hydrogen-bond acceptors (Lipinski definition) is 2. The first kappa shape index (κ1) is 6.77. The Balaban J connectivity index is 2.72. The molecule has 78 valence electrons. The van der Waals surface area contributed by atoms with Crippen LogP contribution in [0.15, 0.2) is 12.1 Å². The Labute approximate surface area is 91.9 Å². The molecule has 0 spiro atoms. The molecule has 0 fully saturated rings. The van der Waals surface area contributed by atoms with Gasteiger partial charge in [0.25, 0.3) is 0 Å². The van der Waals surface area contributed by atoms with Crippen LogP contribution in [0.5, 0.6) is 0 Å². The van der Waals surface area contributed by atoms with Crippen LogP contribution in [0.25, 0.3) is 0 Å². The zero-order chi connectivity index (χ0) is 13.5. The quantitative estimate of drug-likeness (QED) is 0.768. The summed E-state index contributed by atoms with van der Waals surface area (Å²) >= 11 is 0. The third-order valence-corrected chi connectivity index (χ3v) is 2.60. The summed E-state index contributed by atoms with van der Waals surface area (Å²) in [6.07, 6.45) is 1.50. The molecule has 15 heavy (non-hydrogen) atoms. The highest BCUT2D eigenvalue weighted by atomic mass is 16.4. The van der Waals surface area contributed by atoms with Crippen molar-refractivity contribution in [2.75, 3.05) is 0 Å². The predicted molar refractivity (Wildman–Crippen MR) is 55.4 cm³/mol. The molecule has 2 rings (SSSR count).